The van der Waals surface area contributed by atoms with E-state index in [2.05, 4.69) is 15.5 Å². The SMILES string of the molecule is NC(=O)c1ccc([C@H]2C[C@H]3[C@@H](N2)[C@H](c2cccc(Cl)c2F)[C@]2(C(=O)Nc4cc(Cl)ccc42)N3CC2CC2)cc1. The largest absolute Gasteiger partial charge is 0.366 e. The second-order valence-corrected chi connectivity index (χ2v) is 12.0. The molecule has 39 heavy (non-hydrogen) atoms. The summed E-state index contributed by atoms with van der Waals surface area (Å²) in [6.07, 6.45) is 2.95. The van der Waals surface area contributed by atoms with Crippen molar-refractivity contribution in [1.29, 1.82) is 0 Å². The van der Waals surface area contributed by atoms with Crippen LogP contribution in [0.25, 0.3) is 0 Å². The fourth-order valence-electron chi connectivity index (χ4n) is 7.17. The molecule has 3 heterocycles. The number of carbonyl (C=O) groups is 2. The van der Waals surface area contributed by atoms with Gasteiger partial charge in [-0.25, -0.2) is 4.39 Å². The molecule has 7 rings (SSSR count). The van der Waals surface area contributed by atoms with Gasteiger partial charge in [0.25, 0.3) is 0 Å². The minimum atomic E-state index is -1.11. The summed E-state index contributed by atoms with van der Waals surface area (Å²) in [7, 11) is 0. The number of primary amides is 1. The Labute approximate surface area is 235 Å². The molecule has 0 unspecified atom stereocenters. The Morgan fingerprint density at radius 1 is 1.10 bits per heavy atom. The predicted octanol–water partition coefficient (Wildman–Crippen LogP) is 5.36. The van der Waals surface area contributed by atoms with Crippen LogP contribution in [0, 0.1) is 11.7 Å². The Morgan fingerprint density at radius 3 is 2.59 bits per heavy atom. The third-order valence-corrected chi connectivity index (χ3v) is 9.53. The number of nitrogens with zero attached hydrogens (tertiary/aromatic N) is 1. The molecular formula is C30H27Cl2FN4O2. The topological polar surface area (TPSA) is 87.5 Å². The molecule has 9 heteroatoms. The molecule has 0 aromatic heterocycles. The Bertz CT molecular complexity index is 1510. The monoisotopic (exact) mass is 564 g/mol. The van der Waals surface area contributed by atoms with Crippen LogP contribution in [0.1, 0.15) is 58.3 Å². The minimum absolute atomic E-state index is 0.0335. The van der Waals surface area contributed by atoms with Crippen LogP contribution in [0.15, 0.2) is 60.7 Å². The van der Waals surface area contributed by atoms with E-state index in [9.17, 15) is 9.59 Å². The number of nitrogens with two attached hydrogens (primary N) is 1. The molecular weight excluding hydrogens is 538 g/mol. The highest BCUT2D eigenvalue weighted by atomic mass is 35.5. The highest BCUT2D eigenvalue weighted by molar-refractivity contribution is 6.31. The van der Waals surface area contributed by atoms with Crippen molar-refractivity contribution >= 4 is 40.7 Å². The standard InChI is InChI=1S/C30H27Cl2FN4O2/c31-18-10-11-20-23(12-18)36-29(39)30(20)25(19-2-1-3-21(32)26(19)33)27-24(37(30)14-15-4-5-15)13-22(35-27)16-6-8-17(9-7-16)28(34)38/h1-3,6-12,15,22,24-25,27,35H,4-5,13-14H2,(H2,34,38)(H,36,39)/t22-,24+,25+,27-,30-/m1/s1. The Balaban J connectivity index is 1.39. The third-order valence-electron chi connectivity index (χ3n) is 9.00. The maximum Gasteiger partial charge on any atom is 0.250 e. The second-order valence-electron chi connectivity index (χ2n) is 11.2. The quantitative estimate of drug-likeness (QED) is 0.389. The van der Waals surface area contributed by atoms with Gasteiger partial charge in [-0.3, -0.25) is 14.5 Å². The van der Waals surface area contributed by atoms with Gasteiger partial charge in [0.2, 0.25) is 11.8 Å². The van der Waals surface area contributed by atoms with E-state index in [1.165, 1.54) is 6.07 Å². The zero-order chi connectivity index (χ0) is 27.1. The van der Waals surface area contributed by atoms with Crippen molar-refractivity contribution in [2.75, 3.05) is 11.9 Å². The highest BCUT2D eigenvalue weighted by Crippen LogP contribution is 2.61. The van der Waals surface area contributed by atoms with E-state index in [4.69, 9.17) is 28.9 Å². The van der Waals surface area contributed by atoms with Crippen LogP contribution in [0.5, 0.6) is 0 Å². The zero-order valence-corrected chi connectivity index (χ0v) is 22.5. The van der Waals surface area contributed by atoms with Crippen molar-refractivity contribution in [2.45, 2.75) is 48.8 Å². The molecule has 1 spiro atoms. The zero-order valence-electron chi connectivity index (χ0n) is 21.0. The number of fused-ring (bicyclic) bond motifs is 3. The maximum absolute atomic E-state index is 15.9. The van der Waals surface area contributed by atoms with Crippen LogP contribution < -0.4 is 16.4 Å². The summed E-state index contributed by atoms with van der Waals surface area (Å²) in [6.45, 7) is 0.740. The van der Waals surface area contributed by atoms with E-state index in [0.717, 1.165) is 36.9 Å². The highest BCUT2D eigenvalue weighted by Gasteiger charge is 2.69. The first-order valence-corrected chi connectivity index (χ1v) is 14.0. The van der Waals surface area contributed by atoms with Gasteiger partial charge in [0.05, 0.1) is 5.02 Å². The number of anilines is 1. The molecule has 4 aliphatic rings. The van der Waals surface area contributed by atoms with E-state index in [1.54, 1.807) is 36.4 Å². The number of amides is 2. The van der Waals surface area contributed by atoms with Gasteiger partial charge in [0.1, 0.15) is 11.4 Å². The average molecular weight is 565 g/mol. The minimum Gasteiger partial charge on any atom is -0.366 e. The summed E-state index contributed by atoms with van der Waals surface area (Å²) in [5, 5.41) is 7.42. The summed E-state index contributed by atoms with van der Waals surface area (Å²) in [5.41, 5.74) is 7.70. The average Bonchev–Trinajstić information content (AvgIpc) is 3.48. The first kappa shape index (κ1) is 25.0. The van der Waals surface area contributed by atoms with Crippen molar-refractivity contribution in [3.8, 4) is 0 Å². The van der Waals surface area contributed by atoms with Crippen LogP contribution in [0.3, 0.4) is 0 Å². The molecule has 3 aliphatic heterocycles. The van der Waals surface area contributed by atoms with E-state index in [-0.39, 0.29) is 29.1 Å². The van der Waals surface area contributed by atoms with Gasteiger partial charge in [-0.1, -0.05) is 53.5 Å². The van der Waals surface area contributed by atoms with Crippen LogP contribution in [0.2, 0.25) is 10.0 Å². The number of nitrogens with one attached hydrogen (secondary N) is 2. The molecule has 5 atom stereocenters. The lowest BCUT2D eigenvalue weighted by atomic mass is 9.73. The number of benzene rings is 3. The molecule has 0 bridgehead atoms. The van der Waals surface area contributed by atoms with Gasteiger partial charge in [-0.15, -0.1) is 0 Å². The van der Waals surface area contributed by atoms with Gasteiger partial charge >= 0.3 is 0 Å². The van der Waals surface area contributed by atoms with Crippen molar-refractivity contribution in [3.05, 3.63) is 98.8 Å². The number of hydrogen-bond acceptors (Lipinski definition) is 4. The Morgan fingerprint density at radius 2 is 1.87 bits per heavy atom. The number of carbonyl (C=O) groups excluding carboxylic acids is 2. The van der Waals surface area contributed by atoms with Crippen LogP contribution in [0.4, 0.5) is 10.1 Å². The molecule has 6 nitrogen and oxygen atoms in total. The van der Waals surface area contributed by atoms with Gasteiger partial charge < -0.3 is 16.4 Å². The van der Waals surface area contributed by atoms with Gasteiger partial charge in [0.15, 0.2) is 0 Å². The molecule has 1 saturated carbocycles. The molecule has 3 fully saturated rings. The van der Waals surface area contributed by atoms with Gasteiger partial charge in [-0.2, -0.15) is 0 Å². The van der Waals surface area contributed by atoms with Crippen molar-refractivity contribution in [2.24, 2.45) is 11.7 Å². The van der Waals surface area contributed by atoms with E-state index in [1.807, 2.05) is 18.2 Å². The molecule has 3 aromatic carbocycles. The van der Waals surface area contributed by atoms with E-state index in [0.29, 0.717) is 27.8 Å². The van der Waals surface area contributed by atoms with Crippen LogP contribution >= 0.6 is 23.2 Å². The van der Waals surface area contributed by atoms with Gasteiger partial charge in [-0.05, 0) is 66.6 Å². The molecule has 4 N–H and O–H groups in total. The third kappa shape index (κ3) is 3.74. The maximum atomic E-state index is 15.9. The normalized spacial score (nSPS) is 29.5. The first-order chi connectivity index (χ1) is 18.8. The van der Waals surface area contributed by atoms with Crippen LogP contribution in [-0.2, 0) is 10.3 Å². The molecule has 1 aliphatic carbocycles. The lowest BCUT2D eigenvalue weighted by Crippen LogP contribution is -2.53. The number of hydrogen-bond donors (Lipinski definition) is 3. The fourth-order valence-corrected chi connectivity index (χ4v) is 7.53. The molecule has 2 saturated heterocycles. The summed E-state index contributed by atoms with van der Waals surface area (Å²) < 4.78 is 15.9. The lowest BCUT2D eigenvalue weighted by molar-refractivity contribution is -0.128. The molecule has 200 valence electrons. The molecule has 2 amide bonds. The van der Waals surface area contributed by atoms with Crippen LogP contribution in [-0.4, -0.2) is 35.3 Å². The van der Waals surface area contributed by atoms with Crippen molar-refractivity contribution in [1.82, 2.24) is 10.2 Å². The lowest BCUT2D eigenvalue weighted by Gasteiger charge is -2.41. The summed E-state index contributed by atoms with van der Waals surface area (Å²) >= 11 is 12.6. The van der Waals surface area contributed by atoms with Crippen molar-refractivity contribution in [3.63, 3.8) is 0 Å². The van der Waals surface area contributed by atoms with Gasteiger partial charge in [0, 0.05) is 52.4 Å². The molecule has 0 radical (unpaired) electrons. The smallest absolute Gasteiger partial charge is 0.250 e. The Kier molecular flexibility index (Phi) is 5.79. The number of halogens is 3. The molecule has 3 aromatic rings. The van der Waals surface area contributed by atoms with E-state index >= 15 is 4.39 Å². The first-order valence-electron chi connectivity index (χ1n) is 13.3. The van der Waals surface area contributed by atoms with Crippen molar-refractivity contribution < 1.29 is 14.0 Å². The predicted molar refractivity (Wildman–Crippen MR) is 148 cm³/mol. The number of rotatable bonds is 5. The number of likely N-dealkylation sites (tertiary alicyclic amines) is 1. The fraction of sp³-hybridized carbons (Fsp3) is 0.333. The summed E-state index contributed by atoms with van der Waals surface area (Å²) in [6, 6.07) is 17.5. The summed E-state index contributed by atoms with van der Waals surface area (Å²) in [5.74, 6) is -1.19. The Hall–Kier alpha value is -2.97. The van der Waals surface area contributed by atoms with E-state index < -0.39 is 23.2 Å². The second kappa shape index (κ2) is 9.03. The summed E-state index contributed by atoms with van der Waals surface area (Å²) in [4.78, 5) is 28.2.